The molecule has 0 saturated heterocycles. The van der Waals surface area contributed by atoms with Crippen LogP contribution >= 0.6 is 12.2 Å². The minimum absolute atomic E-state index is 0.308. The predicted octanol–water partition coefficient (Wildman–Crippen LogP) is 5.70. The van der Waals surface area contributed by atoms with Crippen LogP contribution in [0, 0.1) is 4.77 Å². The van der Waals surface area contributed by atoms with Crippen molar-refractivity contribution in [3.63, 3.8) is 0 Å². The second-order valence-electron chi connectivity index (χ2n) is 6.87. The number of hydrogen-bond donors (Lipinski definition) is 1. The standard InChI is InChI=1S/C23H28N4O2S/c1-4-19(5-2)22-25-26-23(30)27(22)24-15-18-12-13-20(21(14-18)28-6-3)29-16-17-10-8-7-9-11-17/h7-15,19H,4-6,16H2,1-3H3,(H,26,30)/b24-15-. The van der Waals surface area contributed by atoms with E-state index < -0.39 is 0 Å². The fourth-order valence-corrected chi connectivity index (χ4v) is 3.37. The Morgan fingerprint density at radius 3 is 2.53 bits per heavy atom. The van der Waals surface area contributed by atoms with Gasteiger partial charge in [-0.05, 0) is 61.3 Å². The lowest BCUT2D eigenvalue weighted by Gasteiger charge is -2.13. The summed E-state index contributed by atoms with van der Waals surface area (Å²) in [5.74, 6) is 2.56. The molecule has 0 atom stereocenters. The Kier molecular flexibility index (Phi) is 7.79. The summed E-state index contributed by atoms with van der Waals surface area (Å²) in [5.41, 5.74) is 2.00. The van der Waals surface area contributed by atoms with Crippen molar-refractivity contribution < 1.29 is 9.47 Å². The molecule has 3 rings (SSSR count). The Morgan fingerprint density at radius 2 is 1.83 bits per heavy atom. The number of hydrogen-bond acceptors (Lipinski definition) is 5. The SMILES string of the molecule is CCOc1cc(/C=N\n2c(C(CC)CC)n[nH]c2=S)ccc1OCc1ccccc1. The highest BCUT2D eigenvalue weighted by Gasteiger charge is 2.15. The van der Waals surface area contributed by atoms with Crippen LogP contribution in [-0.2, 0) is 6.61 Å². The van der Waals surface area contributed by atoms with E-state index in [0.717, 1.165) is 29.8 Å². The van der Waals surface area contributed by atoms with Gasteiger partial charge in [-0.25, -0.2) is 0 Å². The second-order valence-corrected chi connectivity index (χ2v) is 7.26. The molecule has 3 aromatic rings. The van der Waals surface area contributed by atoms with E-state index in [2.05, 4.69) is 29.1 Å². The molecule has 0 aliphatic heterocycles. The molecule has 0 radical (unpaired) electrons. The van der Waals surface area contributed by atoms with Crippen molar-refractivity contribution >= 4 is 18.4 Å². The van der Waals surface area contributed by atoms with Crippen molar-refractivity contribution in [3.8, 4) is 11.5 Å². The van der Waals surface area contributed by atoms with Gasteiger partial charge in [0.15, 0.2) is 17.3 Å². The number of ether oxygens (including phenoxy) is 2. The lowest BCUT2D eigenvalue weighted by atomic mass is 10.0. The van der Waals surface area contributed by atoms with Crippen molar-refractivity contribution in [3.05, 3.63) is 70.3 Å². The van der Waals surface area contributed by atoms with Gasteiger partial charge in [0.1, 0.15) is 6.61 Å². The quantitative estimate of drug-likeness (QED) is 0.335. The van der Waals surface area contributed by atoms with Gasteiger partial charge in [-0.3, -0.25) is 5.10 Å². The normalized spacial score (nSPS) is 11.3. The van der Waals surface area contributed by atoms with E-state index in [0.29, 0.717) is 35.4 Å². The zero-order chi connectivity index (χ0) is 21.3. The summed E-state index contributed by atoms with van der Waals surface area (Å²) < 4.78 is 14.0. The Labute approximate surface area is 182 Å². The zero-order valence-electron chi connectivity index (χ0n) is 17.7. The smallest absolute Gasteiger partial charge is 0.216 e. The summed E-state index contributed by atoms with van der Waals surface area (Å²) in [7, 11) is 0. The molecular weight excluding hydrogens is 396 g/mol. The summed E-state index contributed by atoms with van der Waals surface area (Å²) in [6, 6.07) is 15.8. The van der Waals surface area contributed by atoms with Crippen molar-refractivity contribution in [1.82, 2.24) is 14.9 Å². The average Bonchev–Trinajstić information content (AvgIpc) is 3.13. The molecule has 158 valence electrons. The monoisotopic (exact) mass is 424 g/mol. The fraction of sp³-hybridized carbons (Fsp3) is 0.348. The molecule has 2 aromatic carbocycles. The average molecular weight is 425 g/mol. The van der Waals surface area contributed by atoms with Crippen LogP contribution in [0.4, 0.5) is 0 Å². The molecule has 7 heteroatoms. The van der Waals surface area contributed by atoms with Gasteiger partial charge in [0.25, 0.3) is 0 Å². The first-order chi connectivity index (χ1) is 14.7. The van der Waals surface area contributed by atoms with Gasteiger partial charge >= 0.3 is 0 Å². The van der Waals surface area contributed by atoms with E-state index in [-0.39, 0.29) is 0 Å². The van der Waals surface area contributed by atoms with E-state index >= 15 is 0 Å². The second kappa shape index (κ2) is 10.7. The Morgan fingerprint density at radius 1 is 1.07 bits per heavy atom. The summed E-state index contributed by atoms with van der Waals surface area (Å²) in [6.45, 7) is 7.27. The number of nitrogens with zero attached hydrogens (tertiary/aromatic N) is 3. The number of aromatic nitrogens is 3. The van der Waals surface area contributed by atoms with Crippen LogP contribution in [0.25, 0.3) is 0 Å². The lowest BCUT2D eigenvalue weighted by molar-refractivity contribution is 0.269. The maximum absolute atomic E-state index is 5.97. The zero-order valence-corrected chi connectivity index (χ0v) is 18.5. The third-order valence-electron chi connectivity index (χ3n) is 4.85. The minimum atomic E-state index is 0.308. The van der Waals surface area contributed by atoms with Gasteiger partial charge in [-0.1, -0.05) is 44.2 Å². The van der Waals surface area contributed by atoms with Gasteiger partial charge in [0.05, 0.1) is 12.8 Å². The Bertz CT molecular complexity index is 1020. The topological polar surface area (TPSA) is 64.4 Å². The summed E-state index contributed by atoms with van der Waals surface area (Å²) >= 11 is 5.36. The molecule has 30 heavy (non-hydrogen) atoms. The first-order valence-corrected chi connectivity index (χ1v) is 10.7. The largest absolute Gasteiger partial charge is 0.490 e. The highest BCUT2D eigenvalue weighted by Crippen LogP contribution is 2.29. The molecular formula is C23H28N4O2S. The molecule has 0 fully saturated rings. The Hall–Kier alpha value is -2.93. The highest BCUT2D eigenvalue weighted by atomic mass is 32.1. The van der Waals surface area contributed by atoms with Crippen molar-refractivity contribution in [2.45, 2.75) is 46.1 Å². The van der Waals surface area contributed by atoms with Crippen molar-refractivity contribution in [2.24, 2.45) is 5.10 Å². The van der Waals surface area contributed by atoms with E-state index in [1.807, 2.05) is 55.5 Å². The molecule has 0 bridgehead atoms. The number of aromatic amines is 1. The van der Waals surface area contributed by atoms with Gasteiger partial charge in [-0.15, -0.1) is 0 Å². The summed E-state index contributed by atoms with van der Waals surface area (Å²) in [4.78, 5) is 0. The molecule has 0 amide bonds. The summed E-state index contributed by atoms with van der Waals surface area (Å²) in [5, 5.41) is 11.8. The van der Waals surface area contributed by atoms with Crippen molar-refractivity contribution in [2.75, 3.05) is 6.61 Å². The molecule has 6 nitrogen and oxygen atoms in total. The van der Waals surface area contributed by atoms with Gasteiger partial charge in [0, 0.05) is 5.92 Å². The first kappa shape index (κ1) is 21.8. The summed E-state index contributed by atoms with van der Waals surface area (Å²) in [6.07, 6.45) is 3.72. The van der Waals surface area contributed by atoms with Crippen LogP contribution in [0.1, 0.15) is 56.5 Å². The molecule has 0 saturated carbocycles. The van der Waals surface area contributed by atoms with E-state index in [1.165, 1.54) is 0 Å². The van der Waals surface area contributed by atoms with Gasteiger partial charge in [-0.2, -0.15) is 14.9 Å². The maximum Gasteiger partial charge on any atom is 0.216 e. The molecule has 1 N–H and O–H groups in total. The van der Waals surface area contributed by atoms with Crippen molar-refractivity contribution in [1.29, 1.82) is 0 Å². The van der Waals surface area contributed by atoms with E-state index in [4.69, 9.17) is 21.7 Å². The molecule has 0 unspecified atom stereocenters. The van der Waals surface area contributed by atoms with Gasteiger partial charge < -0.3 is 9.47 Å². The van der Waals surface area contributed by atoms with Crippen LogP contribution in [0.15, 0.2) is 53.6 Å². The van der Waals surface area contributed by atoms with Gasteiger partial charge in [0.2, 0.25) is 4.77 Å². The van der Waals surface area contributed by atoms with E-state index in [9.17, 15) is 0 Å². The molecule has 1 heterocycles. The molecule has 0 aliphatic carbocycles. The van der Waals surface area contributed by atoms with Crippen LogP contribution in [0.2, 0.25) is 0 Å². The fourth-order valence-electron chi connectivity index (χ4n) is 3.19. The lowest BCUT2D eigenvalue weighted by Crippen LogP contribution is -2.05. The third-order valence-corrected chi connectivity index (χ3v) is 5.12. The van der Waals surface area contributed by atoms with Crippen LogP contribution in [-0.4, -0.2) is 27.7 Å². The first-order valence-electron chi connectivity index (χ1n) is 10.3. The maximum atomic E-state index is 5.97. The number of nitrogens with one attached hydrogen (secondary N) is 1. The number of H-pyrrole nitrogens is 1. The van der Waals surface area contributed by atoms with Crippen LogP contribution in [0.5, 0.6) is 11.5 Å². The van der Waals surface area contributed by atoms with Crippen LogP contribution in [0.3, 0.4) is 0 Å². The number of benzene rings is 2. The highest BCUT2D eigenvalue weighted by molar-refractivity contribution is 7.71. The Balaban J connectivity index is 1.81. The van der Waals surface area contributed by atoms with E-state index in [1.54, 1.807) is 10.9 Å². The molecule has 0 aliphatic rings. The predicted molar refractivity (Wildman–Crippen MR) is 122 cm³/mol. The third kappa shape index (κ3) is 5.36. The molecule has 0 spiro atoms. The minimum Gasteiger partial charge on any atom is -0.490 e. The molecule has 1 aromatic heterocycles. The van der Waals surface area contributed by atoms with Crippen LogP contribution < -0.4 is 9.47 Å². The number of rotatable bonds is 10.